The molecule has 0 unspecified atom stereocenters. The Kier molecular flexibility index (Phi) is 4.35. The number of benzene rings is 1. The van der Waals surface area contributed by atoms with Gasteiger partial charge in [-0.05, 0) is 23.2 Å². The predicted molar refractivity (Wildman–Crippen MR) is 59.2 cm³/mol. The maximum absolute atomic E-state index is 12.7. The van der Waals surface area contributed by atoms with E-state index in [1.807, 2.05) is 0 Å². The van der Waals surface area contributed by atoms with Gasteiger partial charge in [0.1, 0.15) is 0 Å². The quantitative estimate of drug-likeness (QED) is 0.456. The second-order valence-electron chi connectivity index (χ2n) is 3.23. The molecule has 1 aromatic rings. The van der Waals surface area contributed by atoms with E-state index in [-0.39, 0.29) is 17.7 Å². The SMILES string of the molecule is N#Cc1ccc(C=CCN=[N+]=[N-])c(C(F)(F)F)c1. The van der Waals surface area contributed by atoms with Crippen LogP contribution in [0.15, 0.2) is 29.4 Å². The van der Waals surface area contributed by atoms with Crippen molar-refractivity contribution >= 4 is 6.08 Å². The number of hydrogen-bond acceptors (Lipinski definition) is 2. The Morgan fingerprint density at radius 3 is 2.72 bits per heavy atom. The summed E-state index contributed by atoms with van der Waals surface area (Å²) in [6.45, 7) is -0.0339. The van der Waals surface area contributed by atoms with Crippen molar-refractivity contribution in [2.45, 2.75) is 6.18 Å². The van der Waals surface area contributed by atoms with Gasteiger partial charge >= 0.3 is 6.18 Å². The van der Waals surface area contributed by atoms with Crippen LogP contribution in [0.2, 0.25) is 0 Å². The van der Waals surface area contributed by atoms with Crippen LogP contribution in [-0.4, -0.2) is 6.54 Å². The Balaban J connectivity index is 3.15. The molecule has 0 bridgehead atoms. The van der Waals surface area contributed by atoms with Gasteiger partial charge in [-0.15, -0.1) is 0 Å². The molecule has 0 spiro atoms. The lowest BCUT2D eigenvalue weighted by molar-refractivity contribution is -0.137. The van der Waals surface area contributed by atoms with Gasteiger partial charge in [0, 0.05) is 11.5 Å². The van der Waals surface area contributed by atoms with E-state index in [9.17, 15) is 13.2 Å². The maximum atomic E-state index is 12.7. The van der Waals surface area contributed by atoms with Crippen LogP contribution in [0.4, 0.5) is 13.2 Å². The van der Waals surface area contributed by atoms with Crippen molar-refractivity contribution < 1.29 is 13.2 Å². The smallest absolute Gasteiger partial charge is 0.192 e. The average molecular weight is 252 g/mol. The highest BCUT2D eigenvalue weighted by Gasteiger charge is 2.32. The molecule has 0 aliphatic rings. The summed E-state index contributed by atoms with van der Waals surface area (Å²) in [4.78, 5) is 2.47. The van der Waals surface area contributed by atoms with E-state index in [4.69, 9.17) is 10.8 Å². The summed E-state index contributed by atoms with van der Waals surface area (Å²) in [5, 5.41) is 11.7. The van der Waals surface area contributed by atoms with Gasteiger partial charge in [-0.1, -0.05) is 23.3 Å². The molecule has 0 heterocycles. The largest absolute Gasteiger partial charge is 0.417 e. The summed E-state index contributed by atoms with van der Waals surface area (Å²) in [6, 6.07) is 4.93. The van der Waals surface area contributed by atoms with Crippen molar-refractivity contribution in [2.75, 3.05) is 6.54 Å². The summed E-state index contributed by atoms with van der Waals surface area (Å²) in [6.07, 6.45) is -2.01. The summed E-state index contributed by atoms with van der Waals surface area (Å²) < 4.78 is 38.1. The van der Waals surface area contributed by atoms with Crippen molar-refractivity contribution in [1.82, 2.24) is 0 Å². The predicted octanol–water partition coefficient (Wildman–Crippen LogP) is 3.90. The van der Waals surface area contributed by atoms with Gasteiger partial charge in [0.05, 0.1) is 17.2 Å². The number of alkyl halides is 3. The third kappa shape index (κ3) is 3.54. The van der Waals surface area contributed by atoms with Crippen LogP contribution < -0.4 is 0 Å². The fourth-order valence-corrected chi connectivity index (χ4v) is 1.28. The first-order chi connectivity index (χ1) is 8.49. The van der Waals surface area contributed by atoms with E-state index in [2.05, 4.69) is 10.0 Å². The first-order valence-electron chi connectivity index (χ1n) is 4.78. The Morgan fingerprint density at radius 2 is 2.17 bits per heavy atom. The monoisotopic (exact) mass is 252 g/mol. The average Bonchev–Trinajstić information content (AvgIpc) is 2.33. The van der Waals surface area contributed by atoms with E-state index in [0.29, 0.717) is 0 Å². The summed E-state index contributed by atoms with van der Waals surface area (Å²) in [5.41, 5.74) is 7.00. The molecule has 1 aromatic carbocycles. The minimum atomic E-state index is -4.54. The normalized spacial score (nSPS) is 11.0. The molecule has 92 valence electrons. The van der Waals surface area contributed by atoms with Crippen LogP contribution in [0, 0.1) is 11.3 Å². The van der Waals surface area contributed by atoms with Crippen LogP contribution in [-0.2, 0) is 6.18 Å². The Bertz CT molecular complexity index is 548. The minimum absolute atomic E-state index is 0.0339. The van der Waals surface area contributed by atoms with Gasteiger partial charge in [-0.25, -0.2) is 0 Å². The van der Waals surface area contributed by atoms with Crippen molar-refractivity contribution in [3.05, 3.63) is 51.4 Å². The molecule has 0 atom stereocenters. The van der Waals surface area contributed by atoms with E-state index in [1.54, 1.807) is 6.07 Å². The second kappa shape index (κ2) is 5.75. The van der Waals surface area contributed by atoms with E-state index in [0.717, 1.165) is 6.07 Å². The zero-order chi connectivity index (χ0) is 13.6. The molecule has 0 saturated carbocycles. The van der Waals surface area contributed by atoms with Crippen LogP contribution in [0.1, 0.15) is 16.7 Å². The Labute approximate surface area is 101 Å². The first-order valence-corrected chi connectivity index (χ1v) is 4.78. The number of hydrogen-bond donors (Lipinski definition) is 0. The summed E-state index contributed by atoms with van der Waals surface area (Å²) in [7, 11) is 0. The molecule has 18 heavy (non-hydrogen) atoms. The molecule has 0 radical (unpaired) electrons. The molecular formula is C11H7F3N4. The third-order valence-corrected chi connectivity index (χ3v) is 2.04. The number of nitriles is 1. The highest BCUT2D eigenvalue weighted by molar-refractivity contribution is 5.57. The molecule has 0 aliphatic carbocycles. The maximum Gasteiger partial charge on any atom is 0.417 e. The topological polar surface area (TPSA) is 72.5 Å². The van der Waals surface area contributed by atoms with Crippen molar-refractivity contribution in [1.29, 1.82) is 5.26 Å². The van der Waals surface area contributed by atoms with Crippen LogP contribution in [0.5, 0.6) is 0 Å². The molecule has 4 nitrogen and oxygen atoms in total. The fourth-order valence-electron chi connectivity index (χ4n) is 1.28. The summed E-state index contributed by atoms with van der Waals surface area (Å²) >= 11 is 0. The lowest BCUT2D eigenvalue weighted by atomic mass is 10.0. The number of azide groups is 1. The van der Waals surface area contributed by atoms with E-state index in [1.165, 1.54) is 24.3 Å². The second-order valence-corrected chi connectivity index (χ2v) is 3.23. The zero-order valence-corrected chi connectivity index (χ0v) is 9.02. The molecule has 0 aliphatic heterocycles. The Morgan fingerprint density at radius 1 is 1.44 bits per heavy atom. The molecular weight excluding hydrogens is 245 g/mol. The molecule has 0 N–H and O–H groups in total. The zero-order valence-electron chi connectivity index (χ0n) is 9.02. The highest BCUT2D eigenvalue weighted by Crippen LogP contribution is 2.33. The van der Waals surface area contributed by atoms with Gasteiger partial charge in [0.2, 0.25) is 0 Å². The summed E-state index contributed by atoms with van der Waals surface area (Å²) in [5.74, 6) is 0. The van der Waals surface area contributed by atoms with Crippen LogP contribution in [0.25, 0.3) is 16.5 Å². The van der Waals surface area contributed by atoms with Gasteiger partial charge in [-0.3, -0.25) is 0 Å². The molecule has 0 amide bonds. The van der Waals surface area contributed by atoms with Gasteiger partial charge in [0.25, 0.3) is 0 Å². The van der Waals surface area contributed by atoms with Crippen LogP contribution >= 0.6 is 0 Å². The van der Waals surface area contributed by atoms with Crippen molar-refractivity contribution in [3.8, 4) is 6.07 Å². The van der Waals surface area contributed by atoms with Gasteiger partial charge in [0.15, 0.2) is 0 Å². The minimum Gasteiger partial charge on any atom is -0.192 e. The van der Waals surface area contributed by atoms with Crippen molar-refractivity contribution in [3.63, 3.8) is 0 Å². The Hall–Kier alpha value is -2.45. The number of nitrogens with zero attached hydrogens (tertiary/aromatic N) is 4. The molecule has 7 heteroatoms. The molecule has 1 rings (SSSR count). The van der Waals surface area contributed by atoms with Gasteiger partial charge in [-0.2, -0.15) is 18.4 Å². The lowest BCUT2D eigenvalue weighted by Gasteiger charge is -2.10. The van der Waals surface area contributed by atoms with Crippen molar-refractivity contribution in [2.24, 2.45) is 5.11 Å². The van der Waals surface area contributed by atoms with E-state index < -0.39 is 11.7 Å². The molecule has 0 aromatic heterocycles. The lowest BCUT2D eigenvalue weighted by Crippen LogP contribution is -2.07. The highest BCUT2D eigenvalue weighted by atomic mass is 19.4. The molecule has 0 fully saturated rings. The number of rotatable bonds is 3. The third-order valence-electron chi connectivity index (χ3n) is 2.04. The van der Waals surface area contributed by atoms with Gasteiger partial charge < -0.3 is 0 Å². The number of halogens is 3. The fraction of sp³-hybridized carbons (Fsp3) is 0.182. The first kappa shape index (κ1) is 13.6. The standard InChI is InChI=1S/C11H7F3N4/c12-11(13,14)10-6-8(7-15)3-4-9(10)2-1-5-17-18-16/h1-4,6H,5H2. The van der Waals surface area contributed by atoms with Crippen LogP contribution in [0.3, 0.4) is 0 Å². The van der Waals surface area contributed by atoms with E-state index >= 15 is 0 Å². The molecule has 0 saturated heterocycles.